The lowest BCUT2D eigenvalue weighted by atomic mass is 9.90. The molecule has 0 fully saturated rings. The molecule has 0 heterocycles. The van der Waals surface area contributed by atoms with Gasteiger partial charge < -0.3 is 10.6 Å². The first kappa shape index (κ1) is 12.7. The molecule has 0 bridgehead atoms. The van der Waals surface area contributed by atoms with Crippen LogP contribution in [0, 0.1) is 0 Å². The monoisotopic (exact) mass is 202 g/mol. The van der Waals surface area contributed by atoms with Crippen molar-refractivity contribution in [2.45, 2.75) is 52.5 Å². The van der Waals surface area contributed by atoms with E-state index in [4.69, 9.17) is 12.2 Å². The van der Waals surface area contributed by atoms with Crippen LogP contribution in [0.1, 0.15) is 47.0 Å². The van der Waals surface area contributed by atoms with Gasteiger partial charge in [0, 0.05) is 12.1 Å². The highest BCUT2D eigenvalue weighted by Gasteiger charge is 2.23. The minimum atomic E-state index is 0.194. The smallest absolute Gasteiger partial charge is 0.166 e. The Morgan fingerprint density at radius 3 is 1.85 bits per heavy atom. The molecule has 0 amide bonds. The van der Waals surface area contributed by atoms with Crippen molar-refractivity contribution in [3.05, 3.63) is 0 Å². The summed E-state index contributed by atoms with van der Waals surface area (Å²) in [7, 11) is 0. The summed E-state index contributed by atoms with van der Waals surface area (Å²) in [5.41, 5.74) is 0.194. The number of thiocarbonyl (C=S) groups is 1. The van der Waals surface area contributed by atoms with Gasteiger partial charge in [0.1, 0.15) is 0 Å². The molecule has 78 valence electrons. The molecule has 0 aliphatic carbocycles. The van der Waals surface area contributed by atoms with E-state index in [0.717, 1.165) is 30.9 Å². The Balaban J connectivity index is 4.16. The van der Waals surface area contributed by atoms with Gasteiger partial charge in [0.2, 0.25) is 0 Å². The Labute approximate surface area is 87.5 Å². The standard InChI is InChI=1S/C10H22N2S/c1-5-10(6-2,7-3)12-9(13)11-8-4/h5-8H2,1-4H3,(H2,11,12,13). The van der Waals surface area contributed by atoms with Crippen LogP contribution in [0.3, 0.4) is 0 Å². The summed E-state index contributed by atoms with van der Waals surface area (Å²) in [6, 6.07) is 0. The van der Waals surface area contributed by atoms with E-state index in [9.17, 15) is 0 Å². The van der Waals surface area contributed by atoms with Gasteiger partial charge in [0.05, 0.1) is 0 Å². The van der Waals surface area contributed by atoms with Crippen molar-refractivity contribution in [3.63, 3.8) is 0 Å². The summed E-state index contributed by atoms with van der Waals surface area (Å²) in [4.78, 5) is 0. The Morgan fingerprint density at radius 1 is 1.08 bits per heavy atom. The van der Waals surface area contributed by atoms with Crippen molar-refractivity contribution in [1.82, 2.24) is 10.6 Å². The van der Waals surface area contributed by atoms with Gasteiger partial charge >= 0.3 is 0 Å². The molecule has 13 heavy (non-hydrogen) atoms. The van der Waals surface area contributed by atoms with Crippen LogP contribution in [0.2, 0.25) is 0 Å². The molecule has 0 rings (SSSR count). The van der Waals surface area contributed by atoms with Crippen LogP contribution in [-0.2, 0) is 0 Å². The van der Waals surface area contributed by atoms with Crippen LogP contribution in [0.4, 0.5) is 0 Å². The van der Waals surface area contributed by atoms with Crippen molar-refractivity contribution in [2.75, 3.05) is 6.54 Å². The maximum absolute atomic E-state index is 5.18. The van der Waals surface area contributed by atoms with E-state index in [2.05, 4.69) is 38.3 Å². The Morgan fingerprint density at radius 2 is 1.54 bits per heavy atom. The first-order valence-electron chi connectivity index (χ1n) is 5.20. The molecule has 0 unspecified atom stereocenters. The lowest BCUT2D eigenvalue weighted by Gasteiger charge is -2.33. The zero-order valence-electron chi connectivity index (χ0n) is 9.24. The van der Waals surface area contributed by atoms with E-state index in [1.807, 2.05) is 0 Å². The molecule has 0 aromatic rings. The van der Waals surface area contributed by atoms with Gasteiger partial charge in [-0.15, -0.1) is 0 Å². The first-order valence-corrected chi connectivity index (χ1v) is 5.61. The topological polar surface area (TPSA) is 24.1 Å². The molecule has 0 aliphatic rings. The average molecular weight is 202 g/mol. The summed E-state index contributed by atoms with van der Waals surface area (Å²) in [6.45, 7) is 9.55. The first-order chi connectivity index (χ1) is 6.14. The fourth-order valence-corrected chi connectivity index (χ4v) is 1.82. The van der Waals surface area contributed by atoms with Crippen molar-refractivity contribution in [1.29, 1.82) is 0 Å². The highest BCUT2D eigenvalue weighted by Crippen LogP contribution is 2.18. The van der Waals surface area contributed by atoms with E-state index in [1.165, 1.54) is 0 Å². The van der Waals surface area contributed by atoms with Crippen molar-refractivity contribution >= 4 is 17.3 Å². The molecule has 0 saturated carbocycles. The Kier molecular flexibility index (Phi) is 6.04. The predicted octanol–water partition coefficient (Wildman–Crippen LogP) is 2.44. The molecular formula is C10H22N2S. The van der Waals surface area contributed by atoms with Crippen LogP contribution in [0.5, 0.6) is 0 Å². The summed E-state index contributed by atoms with van der Waals surface area (Å²) in [5.74, 6) is 0. The quantitative estimate of drug-likeness (QED) is 0.670. The molecule has 3 heteroatoms. The fraction of sp³-hybridized carbons (Fsp3) is 0.900. The summed E-state index contributed by atoms with van der Waals surface area (Å²) in [5, 5.41) is 7.31. The summed E-state index contributed by atoms with van der Waals surface area (Å²) >= 11 is 5.18. The predicted molar refractivity (Wildman–Crippen MR) is 63.0 cm³/mol. The van der Waals surface area contributed by atoms with Crippen molar-refractivity contribution in [3.8, 4) is 0 Å². The third-order valence-electron chi connectivity index (χ3n) is 2.75. The van der Waals surface area contributed by atoms with Crippen LogP contribution in [0.15, 0.2) is 0 Å². The summed E-state index contributed by atoms with van der Waals surface area (Å²) < 4.78 is 0. The number of hydrogen-bond donors (Lipinski definition) is 2. The Hall–Kier alpha value is -0.310. The SMILES string of the molecule is CCNC(=S)NC(CC)(CC)CC. The fourth-order valence-electron chi connectivity index (χ4n) is 1.46. The van der Waals surface area contributed by atoms with Crippen LogP contribution >= 0.6 is 12.2 Å². The van der Waals surface area contributed by atoms with E-state index in [1.54, 1.807) is 0 Å². The molecule has 0 spiro atoms. The zero-order chi connectivity index (χ0) is 10.3. The van der Waals surface area contributed by atoms with Crippen LogP contribution in [-0.4, -0.2) is 17.2 Å². The second kappa shape index (κ2) is 6.19. The van der Waals surface area contributed by atoms with Gasteiger partial charge in [0.25, 0.3) is 0 Å². The number of rotatable bonds is 5. The van der Waals surface area contributed by atoms with Gasteiger partial charge in [-0.05, 0) is 38.4 Å². The molecule has 0 radical (unpaired) electrons. The average Bonchev–Trinajstić information content (AvgIpc) is 2.15. The molecule has 0 aromatic carbocycles. The third kappa shape index (κ3) is 3.94. The third-order valence-corrected chi connectivity index (χ3v) is 2.99. The maximum atomic E-state index is 5.18. The van der Waals surface area contributed by atoms with Crippen LogP contribution in [0.25, 0.3) is 0 Å². The normalized spacial score (nSPS) is 11.1. The van der Waals surface area contributed by atoms with Crippen molar-refractivity contribution in [2.24, 2.45) is 0 Å². The van der Waals surface area contributed by atoms with Gasteiger partial charge in [-0.25, -0.2) is 0 Å². The molecule has 0 atom stereocenters. The van der Waals surface area contributed by atoms with Gasteiger partial charge in [-0.1, -0.05) is 20.8 Å². The summed E-state index contributed by atoms with van der Waals surface area (Å²) in [6.07, 6.45) is 3.35. The number of hydrogen-bond acceptors (Lipinski definition) is 1. The minimum Gasteiger partial charge on any atom is -0.363 e. The maximum Gasteiger partial charge on any atom is 0.166 e. The largest absolute Gasteiger partial charge is 0.363 e. The van der Waals surface area contributed by atoms with Gasteiger partial charge in [-0.3, -0.25) is 0 Å². The van der Waals surface area contributed by atoms with E-state index in [0.29, 0.717) is 0 Å². The minimum absolute atomic E-state index is 0.194. The molecule has 2 N–H and O–H groups in total. The highest BCUT2D eigenvalue weighted by molar-refractivity contribution is 7.80. The zero-order valence-corrected chi connectivity index (χ0v) is 10.1. The Bertz CT molecular complexity index is 145. The molecular weight excluding hydrogens is 180 g/mol. The highest BCUT2D eigenvalue weighted by atomic mass is 32.1. The van der Waals surface area contributed by atoms with Crippen LogP contribution < -0.4 is 10.6 Å². The molecule has 0 aromatic heterocycles. The van der Waals surface area contributed by atoms with Crippen molar-refractivity contribution < 1.29 is 0 Å². The van der Waals surface area contributed by atoms with E-state index >= 15 is 0 Å². The molecule has 2 nitrogen and oxygen atoms in total. The second-order valence-electron chi connectivity index (χ2n) is 3.33. The van der Waals surface area contributed by atoms with Gasteiger partial charge in [-0.2, -0.15) is 0 Å². The lowest BCUT2D eigenvalue weighted by Crippen LogP contribution is -2.50. The van der Waals surface area contributed by atoms with E-state index < -0.39 is 0 Å². The lowest BCUT2D eigenvalue weighted by molar-refractivity contribution is 0.338. The van der Waals surface area contributed by atoms with E-state index in [-0.39, 0.29) is 5.54 Å². The molecule has 0 saturated heterocycles. The number of nitrogens with one attached hydrogen (secondary N) is 2. The molecule has 0 aliphatic heterocycles. The van der Waals surface area contributed by atoms with Gasteiger partial charge in [0.15, 0.2) is 5.11 Å². The second-order valence-corrected chi connectivity index (χ2v) is 3.73.